The van der Waals surface area contributed by atoms with E-state index in [1.165, 1.54) is 0 Å². The Morgan fingerprint density at radius 3 is 2.92 bits per heavy atom. The first-order valence-corrected chi connectivity index (χ1v) is 4.56. The minimum absolute atomic E-state index is 0.0525. The zero-order chi connectivity index (χ0) is 9.14. The van der Waals surface area contributed by atoms with Gasteiger partial charge in [0.05, 0.1) is 16.4 Å². The highest BCUT2D eigenvalue weighted by molar-refractivity contribution is 9.10. The molecule has 0 amide bonds. The van der Waals surface area contributed by atoms with Gasteiger partial charge in [-0.05, 0) is 22.4 Å². The molecule has 0 fully saturated rings. The van der Waals surface area contributed by atoms with Gasteiger partial charge in [0.2, 0.25) is 0 Å². The van der Waals surface area contributed by atoms with E-state index < -0.39 is 0 Å². The van der Waals surface area contributed by atoms with E-state index in [1.54, 1.807) is 10.9 Å². The lowest BCUT2D eigenvalue weighted by Gasteiger charge is -2.04. The molecule has 1 unspecified atom stereocenters. The quantitative estimate of drug-likeness (QED) is 0.740. The number of rotatable bonds is 3. The van der Waals surface area contributed by atoms with Crippen molar-refractivity contribution in [3.8, 4) is 0 Å². The Hall–Kier alpha value is -0.640. The summed E-state index contributed by atoms with van der Waals surface area (Å²) < 4.78 is 2.75. The lowest BCUT2D eigenvalue weighted by atomic mass is 10.1. The molecule has 1 rings (SSSR count). The predicted molar refractivity (Wildman–Crippen MR) is 49.8 cm³/mol. The van der Waals surface area contributed by atoms with Crippen molar-refractivity contribution in [3.05, 3.63) is 16.4 Å². The number of aryl methyl sites for hydroxylation is 1. The Morgan fingerprint density at radius 2 is 2.50 bits per heavy atom. The van der Waals surface area contributed by atoms with Gasteiger partial charge in [0, 0.05) is 13.0 Å². The minimum atomic E-state index is 0.0525. The van der Waals surface area contributed by atoms with E-state index in [4.69, 9.17) is 0 Å². The van der Waals surface area contributed by atoms with Gasteiger partial charge in [-0.25, -0.2) is 0 Å². The van der Waals surface area contributed by atoms with Crippen LogP contribution in [0.1, 0.15) is 12.6 Å². The largest absolute Gasteiger partial charge is 0.303 e. The van der Waals surface area contributed by atoms with E-state index in [0.717, 1.165) is 22.9 Å². The second-order valence-electron chi connectivity index (χ2n) is 2.88. The van der Waals surface area contributed by atoms with Crippen molar-refractivity contribution >= 4 is 22.2 Å². The van der Waals surface area contributed by atoms with E-state index in [2.05, 4.69) is 21.0 Å². The summed E-state index contributed by atoms with van der Waals surface area (Å²) in [4.78, 5) is 10.4. The molecule has 3 nitrogen and oxygen atoms in total. The maximum Gasteiger partial charge on any atom is 0.123 e. The second kappa shape index (κ2) is 3.85. The third kappa shape index (κ3) is 1.94. The van der Waals surface area contributed by atoms with Gasteiger partial charge >= 0.3 is 0 Å². The van der Waals surface area contributed by atoms with Crippen molar-refractivity contribution in [1.82, 2.24) is 9.78 Å². The van der Waals surface area contributed by atoms with Gasteiger partial charge in [0.25, 0.3) is 0 Å². The summed E-state index contributed by atoms with van der Waals surface area (Å²) in [6.45, 7) is 1.90. The van der Waals surface area contributed by atoms with Gasteiger partial charge in [-0.1, -0.05) is 6.92 Å². The molecular formula is C8H11BrN2O. The molecule has 0 aliphatic heterocycles. The number of hydrogen-bond donors (Lipinski definition) is 0. The smallest absolute Gasteiger partial charge is 0.123 e. The lowest BCUT2D eigenvalue weighted by molar-refractivity contribution is -0.110. The maximum atomic E-state index is 10.4. The number of aromatic nitrogens is 2. The molecule has 1 aromatic rings. The van der Waals surface area contributed by atoms with Gasteiger partial charge in [-0.2, -0.15) is 5.10 Å². The number of carbonyl (C=O) groups is 1. The molecule has 12 heavy (non-hydrogen) atoms. The maximum absolute atomic E-state index is 10.4. The summed E-state index contributed by atoms with van der Waals surface area (Å²) in [6, 6.07) is 0. The average Bonchev–Trinajstić information content (AvgIpc) is 2.35. The van der Waals surface area contributed by atoms with Crippen LogP contribution in [0.2, 0.25) is 0 Å². The first kappa shape index (κ1) is 9.45. The fraction of sp³-hybridized carbons (Fsp3) is 0.500. The van der Waals surface area contributed by atoms with E-state index in [-0.39, 0.29) is 5.92 Å². The number of halogens is 1. The summed E-state index contributed by atoms with van der Waals surface area (Å²) >= 11 is 3.38. The fourth-order valence-corrected chi connectivity index (χ4v) is 1.53. The molecule has 0 saturated heterocycles. The van der Waals surface area contributed by atoms with Crippen LogP contribution in [0.4, 0.5) is 0 Å². The van der Waals surface area contributed by atoms with Gasteiger partial charge in [0.1, 0.15) is 6.29 Å². The van der Waals surface area contributed by atoms with Crippen molar-refractivity contribution < 1.29 is 4.79 Å². The van der Waals surface area contributed by atoms with Crippen molar-refractivity contribution in [2.24, 2.45) is 13.0 Å². The Bertz CT molecular complexity index is 263. The highest BCUT2D eigenvalue weighted by Gasteiger charge is 2.09. The van der Waals surface area contributed by atoms with E-state index in [9.17, 15) is 4.79 Å². The van der Waals surface area contributed by atoms with Crippen LogP contribution in [0.15, 0.2) is 10.7 Å². The zero-order valence-corrected chi connectivity index (χ0v) is 8.71. The Balaban J connectivity index is 2.80. The minimum Gasteiger partial charge on any atom is -0.303 e. The number of carbonyl (C=O) groups excluding carboxylic acids is 1. The third-order valence-electron chi connectivity index (χ3n) is 1.76. The molecule has 0 aliphatic rings. The van der Waals surface area contributed by atoms with Gasteiger partial charge in [-0.15, -0.1) is 0 Å². The summed E-state index contributed by atoms with van der Waals surface area (Å²) in [5, 5.41) is 4.06. The normalized spacial score (nSPS) is 12.9. The first-order chi connectivity index (χ1) is 5.65. The number of hydrogen-bond acceptors (Lipinski definition) is 2. The molecule has 0 bridgehead atoms. The Morgan fingerprint density at radius 1 is 1.83 bits per heavy atom. The topological polar surface area (TPSA) is 34.9 Å². The summed E-state index contributed by atoms with van der Waals surface area (Å²) in [6.07, 6.45) is 3.44. The summed E-state index contributed by atoms with van der Waals surface area (Å²) in [7, 11) is 1.87. The highest BCUT2D eigenvalue weighted by Crippen LogP contribution is 2.17. The number of nitrogens with zero attached hydrogens (tertiary/aromatic N) is 2. The van der Waals surface area contributed by atoms with Crippen LogP contribution in [0.25, 0.3) is 0 Å². The first-order valence-electron chi connectivity index (χ1n) is 3.76. The Labute approximate surface area is 79.9 Å². The standard InChI is InChI=1S/C8H11BrN2O/c1-6(5-12)3-8-7(9)4-10-11(8)2/h4-6H,3H2,1-2H3. The molecule has 1 atom stereocenters. The van der Waals surface area contributed by atoms with E-state index in [1.807, 2.05) is 14.0 Å². The fourth-order valence-electron chi connectivity index (χ4n) is 1.02. The lowest BCUT2D eigenvalue weighted by Crippen LogP contribution is -2.06. The second-order valence-corrected chi connectivity index (χ2v) is 3.73. The molecule has 0 N–H and O–H groups in total. The van der Waals surface area contributed by atoms with Crippen LogP contribution < -0.4 is 0 Å². The molecule has 1 heterocycles. The monoisotopic (exact) mass is 230 g/mol. The number of aldehydes is 1. The van der Waals surface area contributed by atoms with Crippen LogP contribution >= 0.6 is 15.9 Å². The molecular weight excluding hydrogens is 220 g/mol. The van der Waals surface area contributed by atoms with Crippen LogP contribution in [-0.4, -0.2) is 16.1 Å². The molecule has 0 aliphatic carbocycles. The zero-order valence-electron chi connectivity index (χ0n) is 7.12. The van der Waals surface area contributed by atoms with Crippen LogP contribution in [0, 0.1) is 5.92 Å². The van der Waals surface area contributed by atoms with E-state index >= 15 is 0 Å². The summed E-state index contributed by atoms with van der Waals surface area (Å²) in [5.74, 6) is 0.0525. The molecule has 0 radical (unpaired) electrons. The Kier molecular flexibility index (Phi) is 3.03. The third-order valence-corrected chi connectivity index (χ3v) is 2.42. The molecule has 1 aromatic heterocycles. The van der Waals surface area contributed by atoms with Crippen molar-refractivity contribution in [1.29, 1.82) is 0 Å². The van der Waals surface area contributed by atoms with Crippen molar-refractivity contribution in [2.75, 3.05) is 0 Å². The van der Waals surface area contributed by atoms with Gasteiger partial charge in [0.15, 0.2) is 0 Å². The van der Waals surface area contributed by atoms with Crippen LogP contribution in [0.5, 0.6) is 0 Å². The predicted octanol–water partition coefficient (Wildman–Crippen LogP) is 1.56. The molecule has 0 spiro atoms. The van der Waals surface area contributed by atoms with Crippen molar-refractivity contribution in [3.63, 3.8) is 0 Å². The molecule has 66 valence electrons. The highest BCUT2D eigenvalue weighted by atomic mass is 79.9. The molecule has 0 saturated carbocycles. The molecule has 0 aromatic carbocycles. The van der Waals surface area contributed by atoms with Gasteiger partial charge in [-0.3, -0.25) is 4.68 Å². The van der Waals surface area contributed by atoms with Crippen LogP contribution in [-0.2, 0) is 18.3 Å². The van der Waals surface area contributed by atoms with Crippen LogP contribution in [0.3, 0.4) is 0 Å². The molecule has 4 heteroatoms. The SMILES string of the molecule is CC(C=O)Cc1c(Br)cnn1C. The van der Waals surface area contributed by atoms with E-state index in [0.29, 0.717) is 0 Å². The van der Waals surface area contributed by atoms with Gasteiger partial charge < -0.3 is 4.79 Å². The summed E-state index contributed by atoms with van der Waals surface area (Å²) in [5.41, 5.74) is 1.06. The van der Waals surface area contributed by atoms with Crippen molar-refractivity contribution in [2.45, 2.75) is 13.3 Å². The average molecular weight is 231 g/mol.